The fourth-order valence-electron chi connectivity index (χ4n) is 7.30. The molecule has 0 bridgehead atoms. The molecule has 60 heavy (non-hydrogen) atoms. The first-order valence-electron chi connectivity index (χ1n) is 25.4. The molecule has 0 radical (unpaired) electrons. The van der Waals surface area contributed by atoms with E-state index in [-0.39, 0.29) is 32.0 Å². The summed E-state index contributed by atoms with van der Waals surface area (Å²) in [7, 11) is 1.17. The molecule has 0 aromatic rings. The third-order valence-corrected chi connectivity index (χ3v) is 12.2. The molecule has 0 aromatic carbocycles. The van der Waals surface area contributed by atoms with Gasteiger partial charge in [0.05, 0.1) is 27.7 Å². The van der Waals surface area contributed by atoms with E-state index in [0.29, 0.717) is 17.4 Å². The number of likely N-dealkylation sites (N-methyl/N-ethyl adjacent to an activating group) is 1. The number of nitrogens with zero attached hydrogens (tertiary/aromatic N) is 1. The van der Waals surface area contributed by atoms with E-state index < -0.39 is 26.5 Å². The molecule has 0 aliphatic heterocycles. The predicted molar refractivity (Wildman–Crippen MR) is 250 cm³/mol. The van der Waals surface area contributed by atoms with E-state index in [1.54, 1.807) is 0 Å². The Kier molecular flexibility index (Phi) is 42.1. The molecular weight excluding hydrogens is 774 g/mol. The lowest BCUT2D eigenvalue weighted by molar-refractivity contribution is -0.870. The van der Waals surface area contributed by atoms with Gasteiger partial charge >= 0.3 is 11.9 Å². The van der Waals surface area contributed by atoms with Gasteiger partial charge in [-0.2, -0.15) is 0 Å². The first kappa shape index (κ1) is 58.8. The first-order valence-corrected chi connectivity index (χ1v) is 26.9. The van der Waals surface area contributed by atoms with E-state index in [4.69, 9.17) is 18.5 Å². The Morgan fingerprint density at radius 3 is 1.25 bits per heavy atom. The van der Waals surface area contributed by atoms with Crippen LogP contribution in [0.25, 0.3) is 0 Å². The molecule has 0 aliphatic carbocycles. The molecule has 0 rings (SSSR count). The largest absolute Gasteiger partial charge is 0.756 e. The van der Waals surface area contributed by atoms with Crippen LogP contribution < -0.4 is 4.89 Å². The number of allylic oxidation sites excluding steroid dienone is 2. The van der Waals surface area contributed by atoms with Crippen molar-refractivity contribution < 1.29 is 42.1 Å². The Morgan fingerprint density at radius 1 is 0.500 bits per heavy atom. The minimum Gasteiger partial charge on any atom is -0.756 e. The van der Waals surface area contributed by atoms with Crippen LogP contribution in [0.4, 0.5) is 0 Å². The molecule has 10 heteroatoms. The molecule has 9 nitrogen and oxygen atoms in total. The van der Waals surface area contributed by atoms with Gasteiger partial charge in [-0.15, -0.1) is 0 Å². The Hall–Kier alpha value is -1.25. The number of rotatable bonds is 47. The number of quaternary nitrogens is 1. The van der Waals surface area contributed by atoms with Gasteiger partial charge in [0.2, 0.25) is 0 Å². The maximum atomic E-state index is 12.7. The third-order valence-electron chi connectivity index (χ3n) is 11.3. The van der Waals surface area contributed by atoms with Gasteiger partial charge in [-0.3, -0.25) is 14.2 Å². The van der Waals surface area contributed by atoms with E-state index in [1.165, 1.54) is 167 Å². The zero-order valence-electron chi connectivity index (χ0n) is 40.2. The Labute approximate surface area is 371 Å². The molecule has 0 N–H and O–H groups in total. The lowest BCUT2D eigenvalue weighted by Crippen LogP contribution is -2.37. The summed E-state index contributed by atoms with van der Waals surface area (Å²) in [5.41, 5.74) is 0. The summed E-state index contributed by atoms with van der Waals surface area (Å²) in [6, 6.07) is 0. The third kappa shape index (κ3) is 46.3. The molecule has 2 atom stereocenters. The molecular formula is C50H98NO8P. The number of phosphoric acid groups is 1. The van der Waals surface area contributed by atoms with E-state index in [9.17, 15) is 19.0 Å². The number of esters is 2. The van der Waals surface area contributed by atoms with E-state index in [2.05, 4.69) is 26.0 Å². The van der Waals surface area contributed by atoms with Gasteiger partial charge in [-0.25, -0.2) is 0 Å². The van der Waals surface area contributed by atoms with Gasteiger partial charge in [0.15, 0.2) is 6.10 Å². The molecule has 1 unspecified atom stereocenters. The Morgan fingerprint density at radius 2 is 0.850 bits per heavy atom. The van der Waals surface area contributed by atoms with Crippen LogP contribution in [0, 0.1) is 0 Å². The predicted octanol–water partition coefficient (Wildman–Crippen LogP) is 14.3. The van der Waals surface area contributed by atoms with Crippen molar-refractivity contribution in [3.8, 4) is 0 Å². The van der Waals surface area contributed by atoms with Gasteiger partial charge < -0.3 is 27.9 Å². The normalized spacial score (nSPS) is 13.5. The lowest BCUT2D eigenvalue weighted by Gasteiger charge is -2.28. The first-order chi connectivity index (χ1) is 29.0. The molecule has 0 aliphatic rings. The quantitative estimate of drug-likeness (QED) is 0.0195. The topological polar surface area (TPSA) is 111 Å². The molecule has 0 heterocycles. The van der Waals surface area contributed by atoms with Crippen molar-refractivity contribution in [3.63, 3.8) is 0 Å². The van der Waals surface area contributed by atoms with Gasteiger partial charge in [0, 0.05) is 12.8 Å². The van der Waals surface area contributed by atoms with Crippen LogP contribution in [-0.2, 0) is 32.7 Å². The van der Waals surface area contributed by atoms with Crippen LogP contribution >= 0.6 is 7.82 Å². The zero-order chi connectivity index (χ0) is 44.3. The van der Waals surface area contributed by atoms with Crippen LogP contribution in [0.15, 0.2) is 12.2 Å². The summed E-state index contributed by atoms with van der Waals surface area (Å²) in [6.45, 7) is 4.24. The second-order valence-corrected chi connectivity index (χ2v) is 20.0. The highest BCUT2D eigenvalue weighted by Crippen LogP contribution is 2.38. The summed E-state index contributed by atoms with van der Waals surface area (Å²) in [5, 5.41) is 0. The molecule has 0 saturated carbocycles. The van der Waals surface area contributed by atoms with Crippen molar-refractivity contribution in [3.05, 3.63) is 12.2 Å². The summed E-state index contributed by atoms with van der Waals surface area (Å²) >= 11 is 0. The Bertz CT molecular complexity index is 1030. The maximum absolute atomic E-state index is 12.7. The Balaban J connectivity index is 4.15. The average Bonchev–Trinajstić information content (AvgIpc) is 3.20. The fourth-order valence-corrected chi connectivity index (χ4v) is 8.03. The number of phosphoric ester groups is 1. The monoisotopic (exact) mass is 872 g/mol. The van der Waals surface area contributed by atoms with Gasteiger partial charge in [-0.1, -0.05) is 206 Å². The van der Waals surface area contributed by atoms with Crippen molar-refractivity contribution in [2.45, 2.75) is 251 Å². The highest BCUT2D eigenvalue weighted by atomic mass is 31.2. The summed E-state index contributed by atoms with van der Waals surface area (Å²) < 4.78 is 34.0. The molecule has 0 spiro atoms. The van der Waals surface area contributed by atoms with E-state index in [0.717, 1.165) is 44.9 Å². The van der Waals surface area contributed by atoms with Crippen molar-refractivity contribution >= 4 is 19.8 Å². The van der Waals surface area contributed by atoms with Crippen molar-refractivity contribution in [2.75, 3.05) is 47.5 Å². The molecule has 0 fully saturated rings. The van der Waals surface area contributed by atoms with Gasteiger partial charge in [-0.05, 0) is 38.5 Å². The van der Waals surface area contributed by atoms with Gasteiger partial charge in [0.25, 0.3) is 7.82 Å². The lowest BCUT2D eigenvalue weighted by atomic mass is 10.0. The van der Waals surface area contributed by atoms with Crippen LogP contribution in [0.3, 0.4) is 0 Å². The second-order valence-electron chi connectivity index (χ2n) is 18.5. The minimum atomic E-state index is -4.63. The number of hydrogen-bond acceptors (Lipinski definition) is 8. The maximum Gasteiger partial charge on any atom is 0.306 e. The van der Waals surface area contributed by atoms with E-state index >= 15 is 0 Å². The van der Waals surface area contributed by atoms with Gasteiger partial charge in [0.1, 0.15) is 19.8 Å². The van der Waals surface area contributed by atoms with Crippen molar-refractivity contribution in [1.29, 1.82) is 0 Å². The SMILES string of the molecule is CCCCCCCC/C=C/CCCCCC(=O)O[C@@H](COC(=O)CCCCCCCCCCCCCCCCCCCCCCCCC)COP(=O)([O-])OCC[N+](C)(C)C. The average molecular weight is 872 g/mol. The number of carbonyl (C=O) groups excluding carboxylic acids is 2. The molecule has 0 saturated heterocycles. The number of unbranched alkanes of at least 4 members (excludes halogenated alkanes) is 31. The standard InChI is InChI=1S/C50H98NO8P/c1-6-8-10-12-14-16-18-20-21-22-23-24-25-26-27-28-29-31-32-34-36-38-40-42-49(52)56-46-48(47-58-60(54,55)57-45-44-51(3,4)5)59-50(53)43-41-39-37-35-33-30-19-17-15-13-11-9-7-2/h30,33,48H,6-29,31-32,34-47H2,1-5H3/b33-30+/t48-/m0/s1. The molecule has 0 amide bonds. The number of hydrogen-bond donors (Lipinski definition) is 0. The number of ether oxygens (including phenoxy) is 2. The zero-order valence-corrected chi connectivity index (χ0v) is 41.1. The van der Waals surface area contributed by atoms with Crippen LogP contribution in [-0.4, -0.2) is 70.0 Å². The highest BCUT2D eigenvalue weighted by molar-refractivity contribution is 7.45. The molecule has 0 aromatic heterocycles. The van der Waals surface area contributed by atoms with Crippen LogP contribution in [0.2, 0.25) is 0 Å². The molecule has 356 valence electrons. The number of carbonyl (C=O) groups is 2. The highest BCUT2D eigenvalue weighted by Gasteiger charge is 2.21. The summed E-state index contributed by atoms with van der Waals surface area (Å²) in [6.07, 6.45) is 46.8. The van der Waals surface area contributed by atoms with Crippen LogP contribution in [0.5, 0.6) is 0 Å². The summed E-state index contributed by atoms with van der Waals surface area (Å²) in [5.74, 6) is -0.839. The second kappa shape index (κ2) is 43.0. The minimum absolute atomic E-state index is 0.0302. The van der Waals surface area contributed by atoms with Crippen molar-refractivity contribution in [2.24, 2.45) is 0 Å². The fraction of sp³-hybridized carbons (Fsp3) is 0.920. The van der Waals surface area contributed by atoms with E-state index in [1.807, 2.05) is 21.1 Å². The van der Waals surface area contributed by atoms with Crippen molar-refractivity contribution in [1.82, 2.24) is 0 Å². The smallest absolute Gasteiger partial charge is 0.306 e. The summed E-state index contributed by atoms with van der Waals surface area (Å²) in [4.78, 5) is 37.6. The van der Waals surface area contributed by atoms with Crippen LogP contribution in [0.1, 0.15) is 245 Å².